The number of benzene rings is 2. The van der Waals surface area contributed by atoms with Crippen LogP contribution in [0.4, 0.5) is 4.39 Å². The van der Waals surface area contributed by atoms with Crippen LogP contribution in [-0.4, -0.2) is 27.1 Å². The molecule has 0 atom stereocenters. The molecule has 2 aromatic carbocycles. The van der Waals surface area contributed by atoms with Gasteiger partial charge < -0.3 is 4.74 Å². The molecule has 5 nitrogen and oxygen atoms in total. The Labute approximate surface area is 161 Å². The lowest BCUT2D eigenvalue weighted by molar-refractivity contribution is 0.400. The summed E-state index contributed by atoms with van der Waals surface area (Å²) >= 11 is 1.51. The number of aryl methyl sites for hydroxylation is 1. The largest absolute Gasteiger partial charge is 0.495 e. The normalized spacial score (nSPS) is 11.5. The Kier molecular flexibility index (Phi) is 5.88. The van der Waals surface area contributed by atoms with Crippen molar-refractivity contribution in [3.63, 3.8) is 0 Å². The first-order valence-electron chi connectivity index (χ1n) is 8.24. The van der Waals surface area contributed by atoms with Gasteiger partial charge >= 0.3 is 0 Å². The molecule has 0 aliphatic heterocycles. The van der Waals surface area contributed by atoms with Gasteiger partial charge in [-0.2, -0.15) is 0 Å². The molecule has 8 heteroatoms. The molecule has 3 rings (SSSR count). The van der Waals surface area contributed by atoms with Gasteiger partial charge in [0.2, 0.25) is 10.0 Å². The summed E-state index contributed by atoms with van der Waals surface area (Å²) in [5, 5.41) is 2.80. The van der Waals surface area contributed by atoms with Crippen molar-refractivity contribution in [2.75, 3.05) is 13.7 Å². The van der Waals surface area contributed by atoms with Crippen LogP contribution in [0.25, 0.3) is 10.6 Å². The van der Waals surface area contributed by atoms with Crippen LogP contribution in [0.3, 0.4) is 0 Å². The van der Waals surface area contributed by atoms with Gasteiger partial charge in [-0.1, -0.05) is 29.8 Å². The SMILES string of the molecule is COc1ccc(F)cc1S(=O)(=O)NCCc1csc(-c2ccc(C)cc2)n1. The lowest BCUT2D eigenvalue weighted by Crippen LogP contribution is -2.26. The number of halogens is 1. The van der Waals surface area contributed by atoms with Gasteiger partial charge in [-0.3, -0.25) is 0 Å². The number of nitrogens with one attached hydrogen (secondary N) is 1. The standard InChI is InChI=1S/C19H19FN2O3S2/c1-13-3-5-14(6-4-13)19-22-16(12-26-19)9-10-21-27(23,24)18-11-15(20)7-8-17(18)25-2/h3-8,11-12,21H,9-10H2,1-2H3. The Bertz CT molecular complexity index is 1030. The highest BCUT2D eigenvalue weighted by Gasteiger charge is 2.20. The van der Waals surface area contributed by atoms with E-state index in [1.54, 1.807) is 0 Å². The van der Waals surface area contributed by atoms with Crippen LogP contribution in [-0.2, 0) is 16.4 Å². The average Bonchev–Trinajstić information content (AvgIpc) is 3.11. The van der Waals surface area contributed by atoms with E-state index in [0.717, 1.165) is 28.4 Å². The Balaban J connectivity index is 1.66. The first-order valence-corrected chi connectivity index (χ1v) is 10.6. The van der Waals surface area contributed by atoms with Crippen molar-refractivity contribution in [1.82, 2.24) is 9.71 Å². The fourth-order valence-electron chi connectivity index (χ4n) is 2.50. The lowest BCUT2D eigenvalue weighted by atomic mass is 10.2. The summed E-state index contributed by atoms with van der Waals surface area (Å²) in [4.78, 5) is 4.33. The summed E-state index contributed by atoms with van der Waals surface area (Å²) in [5.74, 6) is -0.544. The van der Waals surface area contributed by atoms with E-state index in [1.165, 1.54) is 30.1 Å². The van der Waals surface area contributed by atoms with E-state index in [2.05, 4.69) is 9.71 Å². The highest BCUT2D eigenvalue weighted by atomic mass is 32.2. The molecule has 0 aliphatic rings. The van der Waals surface area contributed by atoms with Crippen LogP contribution in [0, 0.1) is 12.7 Å². The molecule has 1 heterocycles. The van der Waals surface area contributed by atoms with E-state index in [0.29, 0.717) is 6.42 Å². The van der Waals surface area contributed by atoms with Crippen molar-refractivity contribution in [3.8, 4) is 16.3 Å². The van der Waals surface area contributed by atoms with Crippen molar-refractivity contribution < 1.29 is 17.5 Å². The van der Waals surface area contributed by atoms with Gasteiger partial charge in [0.1, 0.15) is 21.5 Å². The van der Waals surface area contributed by atoms with E-state index in [4.69, 9.17) is 4.74 Å². The third-order valence-electron chi connectivity index (χ3n) is 3.94. The monoisotopic (exact) mass is 406 g/mol. The Hall–Kier alpha value is -2.29. The number of hydrogen-bond acceptors (Lipinski definition) is 5. The number of rotatable bonds is 7. The summed E-state index contributed by atoms with van der Waals surface area (Å²) in [6.45, 7) is 2.18. The molecule has 0 radical (unpaired) electrons. The highest BCUT2D eigenvalue weighted by molar-refractivity contribution is 7.89. The molecule has 3 aromatic rings. The minimum Gasteiger partial charge on any atom is -0.495 e. The molecular weight excluding hydrogens is 387 g/mol. The molecule has 0 bridgehead atoms. The van der Waals surface area contributed by atoms with Crippen LogP contribution in [0.15, 0.2) is 52.7 Å². The molecule has 0 spiro atoms. The number of sulfonamides is 1. The van der Waals surface area contributed by atoms with Crippen LogP contribution >= 0.6 is 11.3 Å². The summed E-state index contributed by atoms with van der Waals surface area (Å²) in [6, 6.07) is 11.5. The van der Waals surface area contributed by atoms with Crippen molar-refractivity contribution >= 4 is 21.4 Å². The van der Waals surface area contributed by atoms with E-state index >= 15 is 0 Å². The fraction of sp³-hybridized carbons (Fsp3) is 0.211. The fourth-order valence-corrected chi connectivity index (χ4v) is 4.57. The Morgan fingerprint density at radius 1 is 1.19 bits per heavy atom. The molecule has 0 amide bonds. The minimum absolute atomic E-state index is 0.0965. The molecule has 0 saturated heterocycles. The predicted molar refractivity (Wildman–Crippen MR) is 104 cm³/mol. The molecule has 0 fully saturated rings. The first kappa shape index (κ1) is 19.5. The zero-order valence-electron chi connectivity index (χ0n) is 14.9. The molecule has 0 unspecified atom stereocenters. The maximum Gasteiger partial charge on any atom is 0.244 e. The second-order valence-electron chi connectivity index (χ2n) is 5.95. The van der Waals surface area contributed by atoms with Crippen LogP contribution in [0.1, 0.15) is 11.3 Å². The predicted octanol–water partition coefficient (Wildman–Crippen LogP) is 3.79. The quantitative estimate of drug-likeness (QED) is 0.648. The number of aromatic nitrogens is 1. The second-order valence-corrected chi connectivity index (χ2v) is 8.55. The van der Waals surface area contributed by atoms with Gasteiger partial charge in [-0.15, -0.1) is 11.3 Å². The van der Waals surface area contributed by atoms with Gasteiger partial charge in [-0.05, 0) is 25.1 Å². The Morgan fingerprint density at radius 3 is 2.63 bits per heavy atom. The van der Waals surface area contributed by atoms with Gasteiger partial charge in [0, 0.05) is 23.9 Å². The van der Waals surface area contributed by atoms with Crippen molar-refractivity contribution in [1.29, 1.82) is 0 Å². The van der Waals surface area contributed by atoms with Crippen LogP contribution in [0.5, 0.6) is 5.75 Å². The summed E-state index contributed by atoms with van der Waals surface area (Å²) in [7, 11) is -2.54. The van der Waals surface area contributed by atoms with Crippen LogP contribution < -0.4 is 9.46 Å². The maximum absolute atomic E-state index is 13.4. The number of nitrogens with zero attached hydrogens (tertiary/aromatic N) is 1. The van der Waals surface area contributed by atoms with E-state index < -0.39 is 15.8 Å². The third-order valence-corrected chi connectivity index (χ3v) is 6.36. The van der Waals surface area contributed by atoms with Gasteiger partial charge in [0.05, 0.1) is 12.8 Å². The first-order chi connectivity index (χ1) is 12.9. The minimum atomic E-state index is -3.89. The number of methoxy groups -OCH3 is 1. The van der Waals surface area contributed by atoms with Crippen LogP contribution in [0.2, 0.25) is 0 Å². The summed E-state index contributed by atoms with van der Waals surface area (Å²) in [6.07, 6.45) is 0.430. The van der Waals surface area contributed by atoms with E-state index in [9.17, 15) is 12.8 Å². The molecule has 0 aliphatic carbocycles. The average molecular weight is 407 g/mol. The van der Waals surface area contributed by atoms with Gasteiger partial charge in [0.25, 0.3) is 0 Å². The molecule has 1 N–H and O–H groups in total. The lowest BCUT2D eigenvalue weighted by Gasteiger charge is -2.10. The zero-order chi connectivity index (χ0) is 19.4. The summed E-state index contributed by atoms with van der Waals surface area (Å²) < 4.78 is 45.8. The van der Waals surface area contributed by atoms with Crippen molar-refractivity contribution in [2.45, 2.75) is 18.2 Å². The van der Waals surface area contributed by atoms with Gasteiger partial charge in [-0.25, -0.2) is 22.5 Å². The highest BCUT2D eigenvalue weighted by Crippen LogP contribution is 2.25. The van der Waals surface area contributed by atoms with E-state index in [-0.39, 0.29) is 17.2 Å². The molecule has 0 saturated carbocycles. The summed E-state index contributed by atoms with van der Waals surface area (Å²) in [5.41, 5.74) is 3.00. The zero-order valence-corrected chi connectivity index (χ0v) is 16.5. The molecular formula is C19H19FN2O3S2. The van der Waals surface area contributed by atoms with Gasteiger partial charge in [0.15, 0.2) is 0 Å². The van der Waals surface area contributed by atoms with Crippen molar-refractivity contribution in [2.24, 2.45) is 0 Å². The Morgan fingerprint density at radius 2 is 1.93 bits per heavy atom. The third kappa shape index (κ3) is 4.71. The van der Waals surface area contributed by atoms with E-state index in [1.807, 2.05) is 36.6 Å². The topological polar surface area (TPSA) is 68.3 Å². The number of hydrogen-bond donors (Lipinski definition) is 1. The second kappa shape index (κ2) is 8.16. The number of thiazole rings is 1. The van der Waals surface area contributed by atoms with Crippen molar-refractivity contribution in [3.05, 3.63) is 64.9 Å². The smallest absolute Gasteiger partial charge is 0.244 e. The molecule has 1 aromatic heterocycles. The number of ether oxygens (including phenoxy) is 1. The molecule has 27 heavy (non-hydrogen) atoms. The molecule has 142 valence electrons. The maximum atomic E-state index is 13.4.